The molecule has 0 aliphatic carbocycles. The highest BCUT2D eigenvalue weighted by Gasteiger charge is 2.11. The van der Waals surface area contributed by atoms with Gasteiger partial charge in [-0.2, -0.15) is 5.10 Å². The van der Waals surface area contributed by atoms with Crippen molar-refractivity contribution in [1.82, 2.24) is 9.78 Å². The van der Waals surface area contributed by atoms with E-state index in [2.05, 4.69) is 5.10 Å². The molecule has 4 nitrogen and oxygen atoms in total. The number of ether oxygens (including phenoxy) is 1. The van der Waals surface area contributed by atoms with Crippen LogP contribution < -0.4 is 4.74 Å². The zero-order chi connectivity index (χ0) is 14.7. The first-order chi connectivity index (χ1) is 10.3. The number of nitrogens with zero attached hydrogens (tertiary/aromatic N) is 2. The Labute approximate surface area is 122 Å². The Morgan fingerprint density at radius 1 is 1.00 bits per heavy atom. The molecule has 0 amide bonds. The minimum atomic E-state index is -0.167. The van der Waals surface area contributed by atoms with Gasteiger partial charge < -0.3 is 4.74 Å². The smallest absolute Gasteiger partial charge is 0.278 e. The molecule has 0 saturated heterocycles. The van der Waals surface area contributed by atoms with Gasteiger partial charge in [-0.15, -0.1) is 0 Å². The minimum Gasteiger partial charge on any atom is -0.497 e. The molecule has 3 rings (SSSR count). The van der Waals surface area contributed by atoms with Crippen LogP contribution >= 0.6 is 0 Å². The largest absolute Gasteiger partial charge is 0.497 e. The summed E-state index contributed by atoms with van der Waals surface area (Å²) in [7, 11) is 1.59. The highest BCUT2D eigenvalue weighted by Crippen LogP contribution is 2.17. The molecule has 1 heterocycles. The van der Waals surface area contributed by atoms with Gasteiger partial charge in [-0.25, -0.2) is 4.68 Å². The third-order valence-electron chi connectivity index (χ3n) is 3.20. The van der Waals surface area contributed by atoms with E-state index in [-0.39, 0.29) is 5.91 Å². The topological polar surface area (TPSA) is 44.1 Å². The molecule has 1 aromatic heterocycles. The van der Waals surface area contributed by atoms with Gasteiger partial charge in [0.2, 0.25) is 0 Å². The average Bonchev–Trinajstić information content (AvgIpc) is 3.05. The minimum absolute atomic E-state index is 0.167. The van der Waals surface area contributed by atoms with Gasteiger partial charge in [0.25, 0.3) is 5.91 Å². The standard InChI is InChI=1S/C17H14N2O2/c1-21-15-9-7-14(8-10-15)17(20)19-12-11-16(18-19)13-5-3-2-4-6-13/h2-12H,1H3. The second-order valence-electron chi connectivity index (χ2n) is 4.55. The average molecular weight is 278 g/mol. The van der Waals surface area contributed by atoms with E-state index in [9.17, 15) is 4.79 Å². The van der Waals surface area contributed by atoms with Gasteiger partial charge in [0.05, 0.1) is 12.8 Å². The molecule has 0 atom stereocenters. The Balaban J connectivity index is 1.87. The number of aromatic nitrogens is 2. The molecule has 0 unspecified atom stereocenters. The third kappa shape index (κ3) is 2.69. The second-order valence-corrected chi connectivity index (χ2v) is 4.55. The lowest BCUT2D eigenvalue weighted by atomic mass is 10.2. The van der Waals surface area contributed by atoms with Crippen molar-refractivity contribution < 1.29 is 9.53 Å². The van der Waals surface area contributed by atoms with Crippen molar-refractivity contribution in [2.24, 2.45) is 0 Å². The van der Waals surface area contributed by atoms with Crippen molar-refractivity contribution in [3.63, 3.8) is 0 Å². The van der Waals surface area contributed by atoms with Crippen molar-refractivity contribution in [1.29, 1.82) is 0 Å². The van der Waals surface area contributed by atoms with E-state index in [0.29, 0.717) is 5.56 Å². The Morgan fingerprint density at radius 2 is 1.71 bits per heavy atom. The van der Waals surface area contributed by atoms with Crippen LogP contribution in [-0.4, -0.2) is 22.8 Å². The van der Waals surface area contributed by atoms with Crippen LogP contribution in [0.1, 0.15) is 10.4 Å². The fourth-order valence-electron chi connectivity index (χ4n) is 2.07. The van der Waals surface area contributed by atoms with E-state index < -0.39 is 0 Å². The van der Waals surface area contributed by atoms with Gasteiger partial charge in [-0.3, -0.25) is 4.79 Å². The Morgan fingerprint density at radius 3 is 2.38 bits per heavy atom. The molecular formula is C17H14N2O2. The van der Waals surface area contributed by atoms with E-state index >= 15 is 0 Å². The number of rotatable bonds is 3. The van der Waals surface area contributed by atoms with Crippen LogP contribution in [0.5, 0.6) is 5.75 Å². The molecule has 0 spiro atoms. The SMILES string of the molecule is COc1ccc(C(=O)n2ccc(-c3ccccc3)n2)cc1. The first-order valence-corrected chi connectivity index (χ1v) is 6.58. The van der Waals surface area contributed by atoms with Gasteiger partial charge in [0.15, 0.2) is 0 Å². The number of carbonyl (C=O) groups excluding carboxylic acids is 1. The van der Waals surface area contributed by atoms with Gasteiger partial charge >= 0.3 is 0 Å². The van der Waals surface area contributed by atoms with Crippen molar-refractivity contribution in [2.75, 3.05) is 7.11 Å². The zero-order valence-corrected chi connectivity index (χ0v) is 11.6. The highest BCUT2D eigenvalue weighted by atomic mass is 16.5. The van der Waals surface area contributed by atoms with Crippen LogP contribution in [0.15, 0.2) is 66.9 Å². The summed E-state index contributed by atoms with van der Waals surface area (Å²) in [5.41, 5.74) is 2.33. The first kappa shape index (κ1) is 13.1. The third-order valence-corrected chi connectivity index (χ3v) is 3.20. The molecule has 21 heavy (non-hydrogen) atoms. The molecule has 104 valence electrons. The highest BCUT2D eigenvalue weighted by molar-refractivity contribution is 5.95. The molecule has 0 aliphatic heterocycles. The van der Waals surface area contributed by atoms with Crippen molar-refractivity contribution in [3.05, 3.63) is 72.4 Å². The van der Waals surface area contributed by atoms with Crippen LogP contribution in [0.25, 0.3) is 11.3 Å². The molecule has 3 aromatic rings. The van der Waals surface area contributed by atoms with Crippen molar-refractivity contribution in [3.8, 4) is 17.0 Å². The molecule has 0 N–H and O–H groups in total. The normalized spacial score (nSPS) is 10.3. The van der Waals surface area contributed by atoms with Gasteiger partial charge in [0.1, 0.15) is 5.75 Å². The van der Waals surface area contributed by atoms with Crippen LogP contribution in [-0.2, 0) is 0 Å². The molecule has 2 aromatic carbocycles. The summed E-state index contributed by atoms with van der Waals surface area (Å²) in [6.07, 6.45) is 1.68. The van der Waals surface area contributed by atoms with E-state index in [1.807, 2.05) is 36.4 Å². The maximum Gasteiger partial charge on any atom is 0.278 e. The summed E-state index contributed by atoms with van der Waals surface area (Å²) in [6, 6.07) is 18.6. The van der Waals surface area contributed by atoms with Gasteiger partial charge in [-0.05, 0) is 30.3 Å². The Bertz CT molecular complexity index is 746. The summed E-state index contributed by atoms with van der Waals surface area (Å²) >= 11 is 0. The summed E-state index contributed by atoms with van der Waals surface area (Å²) in [6.45, 7) is 0. The summed E-state index contributed by atoms with van der Waals surface area (Å²) in [5.74, 6) is 0.553. The second kappa shape index (κ2) is 5.63. The molecule has 0 radical (unpaired) electrons. The molecule has 0 bridgehead atoms. The van der Waals surface area contributed by atoms with E-state index in [1.54, 1.807) is 37.6 Å². The number of hydrogen-bond donors (Lipinski definition) is 0. The van der Waals surface area contributed by atoms with Crippen LogP contribution in [0.3, 0.4) is 0 Å². The fraction of sp³-hybridized carbons (Fsp3) is 0.0588. The zero-order valence-electron chi connectivity index (χ0n) is 11.6. The Kier molecular flexibility index (Phi) is 3.51. The number of hydrogen-bond acceptors (Lipinski definition) is 3. The molecule has 4 heteroatoms. The number of carbonyl (C=O) groups is 1. The predicted octanol–water partition coefficient (Wildman–Crippen LogP) is 3.25. The van der Waals surface area contributed by atoms with Gasteiger partial charge in [-0.1, -0.05) is 30.3 Å². The molecule has 0 aliphatic rings. The summed E-state index contributed by atoms with van der Waals surface area (Å²) < 4.78 is 6.43. The predicted molar refractivity (Wildman–Crippen MR) is 80.4 cm³/mol. The van der Waals surface area contributed by atoms with Crippen LogP contribution in [0, 0.1) is 0 Å². The summed E-state index contributed by atoms with van der Waals surface area (Å²) in [5, 5.41) is 4.34. The number of benzene rings is 2. The van der Waals surface area contributed by atoms with Crippen LogP contribution in [0.2, 0.25) is 0 Å². The van der Waals surface area contributed by atoms with Crippen molar-refractivity contribution in [2.45, 2.75) is 0 Å². The molecule has 0 fully saturated rings. The fourth-order valence-corrected chi connectivity index (χ4v) is 2.07. The quantitative estimate of drug-likeness (QED) is 0.738. The number of methoxy groups -OCH3 is 1. The summed E-state index contributed by atoms with van der Waals surface area (Å²) in [4.78, 5) is 12.4. The van der Waals surface area contributed by atoms with Crippen molar-refractivity contribution >= 4 is 5.91 Å². The van der Waals surface area contributed by atoms with Crippen LogP contribution in [0.4, 0.5) is 0 Å². The maximum absolute atomic E-state index is 12.4. The lowest BCUT2D eigenvalue weighted by molar-refractivity contribution is 0.0945. The maximum atomic E-state index is 12.4. The van der Waals surface area contributed by atoms with E-state index in [1.165, 1.54) is 4.68 Å². The lowest BCUT2D eigenvalue weighted by Gasteiger charge is -2.03. The van der Waals surface area contributed by atoms with Gasteiger partial charge in [0, 0.05) is 17.3 Å². The Hall–Kier alpha value is -2.88. The lowest BCUT2D eigenvalue weighted by Crippen LogP contribution is -2.12. The molecule has 0 saturated carbocycles. The van der Waals surface area contributed by atoms with E-state index in [4.69, 9.17) is 4.74 Å². The first-order valence-electron chi connectivity index (χ1n) is 6.58. The molecular weight excluding hydrogens is 264 g/mol. The monoisotopic (exact) mass is 278 g/mol. The van der Waals surface area contributed by atoms with E-state index in [0.717, 1.165) is 17.0 Å².